The number of nitrogens with one attached hydrogen (secondary N) is 1. The van der Waals surface area contributed by atoms with E-state index in [9.17, 15) is 36.0 Å². The minimum absolute atomic E-state index is 0.0202. The third kappa shape index (κ3) is 11.0. The van der Waals surface area contributed by atoms with Crippen molar-refractivity contribution in [3.8, 4) is 28.7 Å². The van der Waals surface area contributed by atoms with E-state index in [1.807, 2.05) is 25.1 Å². The summed E-state index contributed by atoms with van der Waals surface area (Å²) < 4.78 is 70.4. The van der Waals surface area contributed by atoms with Gasteiger partial charge in [-0.15, -0.1) is 0 Å². The highest BCUT2D eigenvalue weighted by atomic mass is 32.2. The summed E-state index contributed by atoms with van der Waals surface area (Å²) in [5.41, 5.74) is -3.08. The highest BCUT2D eigenvalue weighted by molar-refractivity contribution is 7.87. The third-order valence-electron chi connectivity index (χ3n) is 6.06. The maximum atomic E-state index is 12.3. The average Bonchev–Trinajstić information content (AvgIpc) is 3.68. The van der Waals surface area contributed by atoms with E-state index in [-0.39, 0.29) is 36.6 Å². The molecule has 0 spiro atoms. The van der Waals surface area contributed by atoms with Crippen LogP contribution in [0.2, 0.25) is 0 Å². The first-order valence-corrected chi connectivity index (χ1v) is 16.0. The monoisotopic (exact) mass is 703 g/mol. The summed E-state index contributed by atoms with van der Waals surface area (Å²) in [6.45, 7) is 6.26. The highest BCUT2D eigenvalue weighted by Crippen LogP contribution is 2.29. The molecule has 0 aromatic carbocycles. The number of carbonyl (C=O) groups excluding carboxylic acids is 2. The second-order valence-electron chi connectivity index (χ2n) is 9.47. The van der Waals surface area contributed by atoms with Crippen LogP contribution in [0.3, 0.4) is 0 Å². The fraction of sp³-hybridized carbons (Fsp3) is 0.258. The zero-order valence-electron chi connectivity index (χ0n) is 26.5. The largest absolute Gasteiger partial charge is 0.534 e. The normalized spacial score (nSPS) is 11.0. The van der Waals surface area contributed by atoms with Crippen molar-refractivity contribution in [2.75, 3.05) is 6.61 Å². The number of aryl methyl sites for hydroxylation is 2. The molecule has 14 nitrogen and oxygen atoms in total. The zero-order valence-corrected chi connectivity index (χ0v) is 27.3. The van der Waals surface area contributed by atoms with E-state index in [1.54, 1.807) is 67.2 Å². The van der Waals surface area contributed by atoms with Gasteiger partial charge in [-0.2, -0.15) is 26.7 Å². The van der Waals surface area contributed by atoms with E-state index in [0.717, 1.165) is 22.1 Å². The quantitative estimate of drug-likeness (QED) is 0.0702. The number of carbonyl (C=O) groups is 2. The molecule has 1 N–H and O–H groups in total. The summed E-state index contributed by atoms with van der Waals surface area (Å²) in [6.07, 6.45) is 4.45. The van der Waals surface area contributed by atoms with E-state index < -0.39 is 27.5 Å². The number of hydrogen-bond donors (Lipinski definition) is 1. The molecule has 18 heteroatoms. The fourth-order valence-electron chi connectivity index (χ4n) is 3.78. The summed E-state index contributed by atoms with van der Waals surface area (Å²) in [5, 5.41) is 6.95. The van der Waals surface area contributed by atoms with Crippen LogP contribution in [0.15, 0.2) is 90.1 Å². The standard InChI is InChI=1S/C11H10F3N3O3S.C10H11N3O.C10H11NO3/c1-2-17-10(20-21(18,19)11(12,13)14)7-9(16-17)8-5-3-4-6-15-8;1-2-13-10(14)7-9(12-13)8-5-3-4-6-11-8;1-2-14-10(13)7-9(12)8-5-3-4-6-11-8/h3-7H,2H2,1H3;3-7,12H,2H2,1H3;3-6H,2,7H2,1H3. The van der Waals surface area contributed by atoms with Crippen molar-refractivity contribution in [1.82, 2.24) is 34.5 Å². The van der Waals surface area contributed by atoms with E-state index in [1.165, 1.54) is 12.4 Å². The van der Waals surface area contributed by atoms with Gasteiger partial charge in [0.15, 0.2) is 5.78 Å². The third-order valence-corrected chi connectivity index (χ3v) is 7.01. The van der Waals surface area contributed by atoms with E-state index in [2.05, 4.69) is 34.1 Å². The highest BCUT2D eigenvalue weighted by Gasteiger charge is 2.49. The number of aromatic amines is 1. The molecule has 0 saturated heterocycles. The lowest BCUT2D eigenvalue weighted by molar-refractivity contribution is -0.141. The number of halogens is 3. The maximum absolute atomic E-state index is 12.3. The van der Waals surface area contributed by atoms with Gasteiger partial charge in [0.25, 0.3) is 5.56 Å². The Kier molecular flexibility index (Phi) is 13.5. The number of nitrogens with zero attached hydrogens (tertiary/aromatic N) is 6. The molecule has 0 aliphatic carbocycles. The Balaban J connectivity index is 0.000000206. The number of aromatic nitrogens is 7. The first-order chi connectivity index (χ1) is 23.3. The number of rotatable bonds is 10. The topological polar surface area (TPSA) is 181 Å². The van der Waals surface area contributed by atoms with Crippen LogP contribution < -0.4 is 9.74 Å². The molecular weight excluding hydrogens is 671 g/mol. The number of hydrogen-bond acceptors (Lipinski definition) is 11. The first kappa shape index (κ1) is 37.8. The lowest BCUT2D eigenvalue weighted by Gasteiger charge is -2.09. The van der Waals surface area contributed by atoms with Gasteiger partial charge < -0.3 is 8.92 Å². The summed E-state index contributed by atoms with van der Waals surface area (Å²) >= 11 is 0. The summed E-state index contributed by atoms with van der Waals surface area (Å²) in [4.78, 5) is 45.6. The number of H-pyrrole nitrogens is 1. The number of pyridine rings is 3. The summed E-state index contributed by atoms with van der Waals surface area (Å²) in [6, 6.07) is 18.2. The van der Waals surface area contributed by atoms with Crippen LogP contribution in [0.5, 0.6) is 5.88 Å². The lowest BCUT2D eigenvalue weighted by Crippen LogP contribution is -2.28. The fourth-order valence-corrected chi connectivity index (χ4v) is 4.23. The van der Waals surface area contributed by atoms with Gasteiger partial charge >= 0.3 is 21.6 Å². The van der Waals surface area contributed by atoms with Crippen LogP contribution in [0.25, 0.3) is 22.8 Å². The van der Waals surface area contributed by atoms with Gasteiger partial charge in [0, 0.05) is 43.8 Å². The van der Waals surface area contributed by atoms with Crippen molar-refractivity contribution in [1.29, 1.82) is 0 Å². The molecular formula is C31H32F3N7O7S. The van der Waals surface area contributed by atoms with Gasteiger partial charge in [-0.05, 0) is 57.2 Å². The van der Waals surface area contributed by atoms with Crippen molar-refractivity contribution in [3.63, 3.8) is 0 Å². The Labute approximate surface area is 278 Å². The minimum atomic E-state index is -5.73. The molecule has 0 unspecified atom stereocenters. The van der Waals surface area contributed by atoms with Crippen molar-refractivity contribution >= 4 is 21.9 Å². The van der Waals surface area contributed by atoms with Crippen molar-refractivity contribution < 1.29 is 40.1 Å². The minimum Gasteiger partial charge on any atom is -0.466 e. The van der Waals surface area contributed by atoms with Gasteiger partial charge in [-0.3, -0.25) is 39.1 Å². The molecule has 260 valence electrons. The van der Waals surface area contributed by atoms with Crippen LogP contribution in [0, 0.1) is 0 Å². The zero-order chi connectivity index (χ0) is 36.0. The molecule has 0 fully saturated rings. The Morgan fingerprint density at radius 3 is 1.94 bits per heavy atom. The SMILES string of the molecule is CCOC(=O)CC(=O)c1ccccn1.CCn1[nH]c(-c2ccccn2)cc1=O.CCn1nc(-c2ccccn2)cc1OS(=O)(=O)C(F)(F)F. The summed E-state index contributed by atoms with van der Waals surface area (Å²) in [5.74, 6) is -1.34. The van der Waals surface area contributed by atoms with Crippen molar-refractivity contribution in [2.24, 2.45) is 0 Å². The Bertz CT molecular complexity index is 1970. The summed E-state index contributed by atoms with van der Waals surface area (Å²) in [7, 11) is -5.73. The van der Waals surface area contributed by atoms with Crippen molar-refractivity contribution in [2.45, 2.75) is 45.8 Å². The molecule has 5 aromatic heterocycles. The van der Waals surface area contributed by atoms with E-state index in [0.29, 0.717) is 17.9 Å². The number of ketones is 1. The molecule has 0 radical (unpaired) electrons. The van der Waals surface area contributed by atoms with Gasteiger partial charge in [-0.1, -0.05) is 18.2 Å². The van der Waals surface area contributed by atoms with Crippen LogP contribution in [-0.4, -0.2) is 66.8 Å². The predicted octanol–water partition coefficient (Wildman–Crippen LogP) is 4.67. The van der Waals surface area contributed by atoms with Gasteiger partial charge in [0.1, 0.15) is 17.8 Å². The Hall–Kier alpha value is -5.65. The number of alkyl halides is 3. The second kappa shape index (κ2) is 17.5. The molecule has 0 amide bonds. The van der Waals surface area contributed by atoms with Gasteiger partial charge in [0.2, 0.25) is 5.88 Å². The van der Waals surface area contributed by atoms with Crippen LogP contribution in [0.1, 0.15) is 37.7 Å². The molecule has 0 atom stereocenters. The maximum Gasteiger partial charge on any atom is 0.534 e. The lowest BCUT2D eigenvalue weighted by atomic mass is 10.2. The van der Waals surface area contributed by atoms with Crippen LogP contribution in [-0.2, 0) is 32.7 Å². The van der Waals surface area contributed by atoms with Crippen LogP contribution in [0.4, 0.5) is 13.2 Å². The second-order valence-corrected chi connectivity index (χ2v) is 11.0. The molecule has 49 heavy (non-hydrogen) atoms. The van der Waals surface area contributed by atoms with Gasteiger partial charge in [0.05, 0.1) is 23.7 Å². The van der Waals surface area contributed by atoms with E-state index >= 15 is 0 Å². The van der Waals surface area contributed by atoms with Gasteiger partial charge in [-0.25, -0.2) is 4.68 Å². The first-order valence-electron chi connectivity index (χ1n) is 14.6. The average molecular weight is 704 g/mol. The molecule has 0 aliphatic rings. The Morgan fingerprint density at radius 2 is 1.45 bits per heavy atom. The number of Topliss-reactive ketones (excluding diaryl/α,β-unsaturated/α-hetero) is 1. The molecule has 0 saturated carbocycles. The van der Waals surface area contributed by atoms with Crippen LogP contribution >= 0.6 is 0 Å². The number of esters is 1. The van der Waals surface area contributed by atoms with E-state index in [4.69, 9.17) is 0 Å². The Morgan fingerprint density at radius 1 is 0.837 bits per heavy atom. The predicted molar refractivity (Wildman–Crippen MR) is 171 cm³/mol. The molecule has 0 aliphatic heterocycles. The number of ether oxygens (including phenoxy) is 1. The molecule has 5 rings (SSSR count). The molecule has 5 heterocycles. The smallest absolute Gasteiger partial charge is 0.466 e. The van der Waals surface area contributed by atoms with Crippen molar-refractivity contribution in [3.05, 3.63) is 101 Å². The molecule has 5 aromatic rings. The molecule has 0 bridgehead atoms.